The van der Waals surface area contributed by atoms with Gasteiger partial charge in [0.1, 0.15) is 0 Å². The van der Waals surface area contributed by atoms with Crippen LogP contribution in [0.25, 0.3) is 0 Å². The first kappa shape index (κ1) is 17.6. The molecule has 6 nitrogen and oxygen atoms in total. The van der Waals surface area contributed by atoms with Crippen molar-refractivity contribution in [2.45, 2.75) is 25.2 Å². The van der Waals surface area contributed by atoms with E-state index in [1.807, 2.05) is 31.2 Å². The first-order valence-corrected chi connectivity index (χ1v) is 9.59. The van der Waals surface area contributed by atoms with Crippen LogP contribution in [-0.4, -0.2) is 15.8 Å². The summed E-state index contributed by atoms with van der Waals surface area (Å²) in [6.45, 7) is 1.96. The third-order valence-electron chi connectivity index (χ3n) is 6.36. The van der Waals surface area contributed by atoms with Gasteiger partial charge in [0.15, 0.2) is 0 Å². The van der Waals surface area contributed by atoms with Crippen LogP contribution in [0.2, 0.25) is 0 Å². The Labute approximate surface area is 167 Å². The zero-order valence-electron chi connectivity index (χ0n) is 15.8. The number of rotatable bonds is 3. The molecule has 1 atom stereocenters. The van der Waals surface area contributed by atoms with Crippen LogP contribution in [-0.2, 0) is 4.79 Å². The van der Waals surface area contributed by atoms with Gasteiger partial charge in [0.25, 0.3) is 0 Å². The second kappa shape index (κ2) is 6.24. The lowest BCUT2D eigenvalue weighted by Gasteiger charge is -2.50. The summed E-state index contributed by atoms with van der Waals surface area (Å²) in [6.07, 6.45) is 2.10. The quantitative estimate of drug-likeness (QED) is 0.527. The highest BCUT2D eigenvalue weighted by Crippen LogP contribution is 2.61. The standard InChI is InChI=1S/C23H19N3O3/c1-23(22(27)25-21-19(26(28)29)11-6-12-24-21)13-18-14-7-2-4-9-16(14)20(23)17-10-5-3-8-15(17)18/h2-12,18,20H,13H2,1H3,(H,24,25,27). The molecule has 1 heterocycles. The Morgan fingerprint density at radius 2 is 1.62 bits per heavy atom. The number of amides is 1. The topological polar surface area (TPSA) is 85.1 Å². The molecule has 0 saturated carbocycles. The van der Waals surface area contributed by atoms with E-state index in [2.05, 4.69) is 34.6 Å². The molecule has 3 aliphatic carbocycles. The number of hydrogen-bond donors (Lipinski definition) is 1. The number of aromatic nitrogens is 1. The lowest BCUT2D eigenvalue weighted by Crippen LogP contribution is -2.47. The molecule has 1 N–H and O–H groups in total. The number of pyridine rings is 1. The Bertz CT molecular complexity index is 1110. The Balaban J connectivity index is 1.60. The maximum absolute atomic E-state index is 13.5. The fourth-order valence-corrected chi connectivity index (χ4v) is 5.08. The molecule has 0 fully saturated rings. The second-order valence-corrected chi connectivity index (χ2v) is 7.95. The molecule has 0 aliphatic heterocycles. The van der Waals surface area contributed by atoms with Gasteiger partial charge in [-0.1, -0.05) is 48.5 Å². The van der Waals surface area contributed by atoms with Crippen molar-refractivity contribution in [3.05, 3.63) is 99.2 Å². The van der Waals surface area contributed by atoms with Gasteiger partial charge < -0.3 is 5.32 Å². The van der Waals surface area contributed by atoms with E-state index in [9.17, 15) is 14.9 Å². The summed E-state index contributed by atoms with van der Waals surface area (Å²) in [5.74, 6) is -0.227. The highest BCUT2D eigenvalue weighted by atomic mass is 16.6. The molecular weight excluding hydrogens is 366 g/mol. The van der Waals surface area contributed by atoms with Crippen LogP contribution in [0.1, 0.15) is 47.4 Å². The van der Waals surface area contributed by atoms with E-state index < -0.39 is 10.3 Å². The molecule has 2 bridgehead atoms. The maximum atomic E-state index is 13.5. The van der Waals surface area contributed by atoms with Crippen molar-refractivity contribution in [1.82, 2.24) is 4.98 Å². The van der Waals surface area contributed by atoms with E-state index in [1.54, 1.807) is 0 Å². The normalized spacial score (nSPS) is 23.8. The number of nitro groups is 1. The zero-order valence-corrected chi connectivity index (χ0v) is 15.8. The van der Waals surface area contributed by atoms with Crippen LogP contribution in [0.4, 0.5) is 11.5 Å². The Morgan fingerprint density at radius 1 is 1.03 bits per heavy atom. The number of hydrogen-bond acceptors (Lipinski definition) is 4. The number of benzene rings is 2. The number of nitrogens with zero attached hydrogens (tertiary/aromatic N) is 2. The summed E-state index contributed by atoms with van der Waals surface area (Å²) in [5.41, 5.74) is 3.92. The second-order valence-electron chi connectivity index (χ2n) is 7.95. The van der Waals surface area contributed by atoms with Gasteiger partial charge >= 0.3 is 5.69 Å². The zero-order chi connectivity index (χ0) is 20.2. The number of carbonyl (C=O) groups excluding carboxylic acids is 1. The average molecular weight is 385 g/mol. The van der Waals surface area contributed by atoms with Gasteiger partial charge in [-0.25, -0.2) is 4.98 Å². The fraction of sp³-hybridized carbons (Fsp3) is 0.217. The summed E-state index contributed by atoms with van der Waals surface area (Å²) in [5, 5.41) is 14.1. The van der Waals surface area contributed by atoms with Crippen molar-refractivity contribution in [3.8, 4) is 0 Å². The molecule has 3 aromatic rings. The van der Waals surface area contributed by atoms with E-state index >= 15 is 0 Å². The van der Waals surface area contributed by atoms with Crippen LogP contribution in [0.15, 0.2) is 66.9 Å². The van der Waals surface area contributed by atoms with Crippen molar-refractivity contribution < 1.29 is 9.72 Å². The number of anilines is 1. The van der Waals surface area contributed by atoms with E-state index in [1.165, 1.54) is 29.5 Å². The first-order chi connectivity index (χ1) is 14.0. The molecule has 0 radical (unpaired) electrons. The number of nitrogens with one attached hydrogen (secondary N) is 1. The molecular formula is C23H19N3O3. The van der Waals surface area contributed by atoms with E-state index in [-0.39, 0.29) is 29.2 Å². The van der Waals surface area contributed by atoms with Crippen LogP contribution in [0, 0.1) is 15.5 Å². The van der Waals surface area contributed by atoms with E-state index in [4.69, 9.17) is 0 Å². The Hall–Kier alpha value is -3.54. The van der Waals surface area contributed by atoms with Gasteiger partial charge in [0.2, 0.25) is 11.7 Å². The summed E-state index contributed by atoms with van der Waals surface area (Å²) in [6, 6.07) is 19.4. The molecule has 2 aromatic carbocycles. The van der Waals surface area contributed by atoms with Gasteiger partial charge in [-0.15, -0.1) is 0 Å². The summed E-state index contributed by atoms with van der Waals surface area (Å²) in [7, 11) is 0. The van der Waals surface area contributed by atoms with E-state index in [0.29, 0.717) is 6.42 Å². The lowest BCUT2D eigenvalue weighted by molar-refractivity contribution is -0.384. The molecule has 144 valence electrons. The Kier molecular flexibility index (Phi) is 3.77. The fourth-order valence-electron chi connectivity index (χ4n) is 5.08. The Morgan fingerprint density at radius 3 is 2.21 bits per heavy atom. The third-order valence-corrected chi connectivity index (χ3v) is 6.36. The molecule has 6 rings (SSSR count). The van der Waals surface area contributed by atoms with Crippen molar-refractivity contribution in [1.29, 1.82) is 0 Å². The van der Waals surface area contributed by atoms with Gasteiger partial charge in [0.05, 0.1) is 10.3 Å². The van der Waals surface area contributed by atoms with E-state index in [0.717, 1.165) is 11.1 Å². The van der Waals surface area contributed by atoms with Crippen LogP contribution in [0.5, 0.6) is 0 Å². The lowest BCUT2D eigenvalue weighted by atomic mass is 9.52. The van der Waals surface area contributed by atoms with Crippen LogP contribution >= 0.6 is 0 Å². The maximum Gasteiger partial charge on any atom is 0.311 e. The van der Waals surface area contributed by atoms with Crippen molar-refractivity contribution >= 4 is 17.4 Å². The molecule has 0 saturated heterocycles. The van der Waals surface area contributed by atoms with Gasteiger partial charge in [-0.05, 0) is 41.7 Å². The molecule has 3 aliphatic rings. The van der Waals surface area contributed by atoms with Crippen LogP contribution < -0.4 is 5.32 Å². The monoisotopic (exact) mass is 385 g/mol. The van der Waals surface area contributed by atoms with Crippen molar-refractivity contribution in [3.63, 3.8) is 0 Å². The minimum atomic E-state index is -0.737. The predicted octanol–water partition coefficient (Wildman–Crippen LogP) is 4.62. The number of fused-ring (bicyclic) bond motifs is 1. The smallest absolute Gasteiger partial charge is 0.304 e. The van der Waals surface area contributed by atoms with Crippen LogP contribution in [0.3, 0.4) is 0 Å². The van der Waals surface area contributed by atoms with Crippen molar-refractivity contribution in [2.24, 2.45) is 5.41 Å². The highest BCUT2D eigenvalue weighted by molar-refractivity contribution is 5.98. The average Bonchev–Trinajstić information content (AvgIpc) is 2.74. The summed E-state index contributed by atoms with van der Waals surface area (Å²) >= 11 is 0. The van der Waals surface area contributed by atoms with Crippen molar-refractivity contribution in [2.75, 3.05) is 5.32 Å². The summed E-state index contributed by atoms with van der Waals surface area (Å²) in [4.78, 5) is 28.3. The highest BCUT2D eigenvalue weighted by Gasteiger charge is 2.54. The molecule has 0 spiro atoms. The molecule has 29 heavy (non-hydrogen) atoms. The molecule has 1 aromatic heterocycles. The predicted molar refractivity (Wildman–Crippen MR) is 109 cm³/mol. The summed E-state index contributed by atoms with van der Waals surface area (Å²) < 4.78 is 0. The first-order valence-electron chi connectivity index (χ1n) is 9.59. The molecule has 1 amide bonds. The third kappa shape index (κ3) is 2.49. The molecule has 1 unspecified atom stereocenters. The van der Waals surface area contributed by atoms with Gasteiger partial charge in [0, 0.05) is 24.1 Å². The number of carbonyl (C=O) groups is 1. The minimum absolute atomic E-state index is 0.00765. The van der Waals surface area contributed by atoms with Gasteiger partial charge in [-0.2, -0.15) is 0 Å². The largest absolute Gasteiger partial charge is 0.311 e. The molecule has 6 heteroatoms. The SMILES string of the molecule is CC1(C(=O)Nc2ncccc2[N+](=O)[O-])CC2c3ccccc3C1c1ccccc12. The minimum Gasteiger partial charge on any atom is -0.304 e. The van der Waals surface area contributed by atoms with Gasteiger partial charge in [-0.3, -0.25) is 14.9 Å².